The lowest BCUT2D eigenvalue weighted by atomic mass is 9.99. The average Bonchev–Trinajstić information content (AvgIpc) is 3.23. The Hall–Kier alpha value is -3.06. The van der Waals surface area contributed by atoms with Crippen LogP contribution in [0.15, 0.2) is 59.1 Å². The molecule has 1 unspecified atom stereocenters. The Bertz CT molecular complexity index is 950. The number of rotatable bonds is 5. The molecule has 2 aromatic carbocycles. The smallest absolute Gasteiger partial charge is 0.257 e. The van der Waals surface area contributed by atoms with Crippen molar-refractivity contribution >= 4 is 5.91 Å². The summed E-state index contributed by atoms with van der Waals surface area (Å²) in [5, 5.41) is 4.03. The van der Waals surface area contributed by atoms with Gasteiger partial charge in [0.1, 0.15) is 5.82 Å². The van der Waals surface area contributed by atoms with Crippen molar-refractivity contribution in [3.8, 4) is 11.5 Å². The standard InChI is InChI=1S/C22H23FN4O2/c1-16(17-5-3-2-4-6-17)22(28)27-13-11-26(12-14-27)15-20-24-21(29-25-20)18-7-9-19(23)10-8-18/h2-10,16H,11-15H2,1H3. The molecule has 1 aliphatic rings. The molecule has 7 heteroatoms. The van der Waals surface area contributed by atoms with Crippen LogP contribution in [0.1, 0.15) is 24.2 Å². The number of nitrogens with zero attached hydrogens (tertiary/aromatic N) is 4. The van der Waals surface area contributed by atoms with E-state index in [0.29, 0.717) is 36.9 Å². The Morgan fingerprint density at radius 1 is 1.07 bits per heavy atom. The fraction of sp³-hybridized carbons (Fsp3) is 0.318. The minimum atomic E-state index is -0.303. The van der Waals surface area contributed by atoms with Crippen LogP contribution < -0.4 is 0 Å². The van der Waals surface area contributed by atoms with E-state index in [0.717, 1.165) is 18.7 Å². The lowest BCUT2D eigenvalue weighted by molar-refractivity contribution is -0.134. The van der Waals surface area contributed by atoms with E-state index in [9.17, 15) is 9.18 Å². The number of hydrogen-bond donors (Lipinski definition) is 0. The van der Waals surface area contributed by atoms with E-state index >= 15 is 0 Å². The predicted octanol–water partition coefficient (Wildman–Crippen LogP) is 3.32. The van der Waals surface area contributed by atoms with Crippen LogP contribution >= 0.6 is 0 Å². The van der Waals surface area contributed by atoms with E-state index in [1.165, 1.54) is 12.1 Å². The fourth-order valence-electron chi connectivity index (χ4n) is 3.51. The van der Waals surface area contributed by atoms with Crippen molar-refractivity contribution in [2.75, 3.05) is 26.2 Å². The third kappa shape index (κ3) is 4.51. The number of hydrogen-bond acceptors (Lipinski definition) is 5. The molecule has 0 aliphatic carbocycles. The maximum Gasteiger partial charge on any atom is 0.257 e. The van der Waals surface area contributed by atoms with Gasteiger partial charge in [-0.2, -0.15) is 4.98 Å². The maximum absolute atomic E-state index is 13.1. The number of aromatic nitrogens is 2. The van der Waals surface area contributed by atoms with Crippen molar-refractivity contribution in [3.63, 3.8) is 0 Å². The van der Waals surface area contributed by atoms with Crippen LogP contribution in [0.2, 0.25) is 0 Å². The van der Waals surface area contributed by atoms with Gasteiger partial charge in [0.15, 0.2) is 5.82 Å². The van der Waals surface area contributed by atoms with Gasteiger partial charge in [0.25, 0.3) is 5.89 Å². The van der Waals surface area contributed by atoms with Gasteiger partial charge in [-0.15, -0.1) is 0 Å². The van der Waals surface area contributed by atoms with Crippen molar-refractivity contribution in [2.45, 2.75) is 19.4 Å². The first kappa shape index (κ1) is 19.3. The second-order valence-electron chi connectivity index (χ2n) is 7.26. The molecule has 1 atom stereocenters. The summed E-state index contributed by atoms with van der Waals surface area (Å²) in [6.07, 6.45) is 0. The molecule has 1 amide bonds. The number of benzene rings is 2. The molecule has 0 N–H and O–H groups in total. The Morgan fingerprint density at radius 2 is 1.76 bits per heavy atom. The molecule has 0 radical (unpaired) electrons. The number of carbonyl (C=O) groups excluding carboxylic acids is 1. The molecule has 1 saturated heterocycles. The molecule has 29 heavy (non-hydrogen) atoms. The minimum absolute atomic E-state index is 0.141. The van der Waals surface area contributed by atoms with Crippen LogP contribution in [0.5, 0.6) is 0 Å². The molecule has 4 rings (SSSR count). The highest BCUT2D eigenvalue weighted by atomic mass is 19.1. The monoisotopic (exact) mass is 394 g/mol. The molecule has 1 aliphatic heterocycles. The van der Waals surface area contributed by atoms with E-state index in [-0.39, 0.29) is 17.6 Å². The first-order valence-electron chi connectivity index (χ1n) is 9.75. The average molecular weight is 394 g/mol. The normalized spacial score (nSPS) is 16.0. The Labute approximate surface area is 168 Å². The SMILES string of the molecule is CC(C(=O)N1CCN(Cc2noc(-c3ccc(F)cc3)n2)CC1)c1ccccc1. The molecule has 150 valence electrons. The lowest BCUT2D eigenvalue weighted by Gasteiger charge is -2.35. The molecule has 0 saturated carbocycles. The third-order valence-corrected chi connectivity index (χ3v) is 5.28. The van der Waals surface area contributed by atoms with Crippen LogP contribution in [0.3, 0.4) is 0 Å². The Kier molecular flexibility index (Phi) is 5.67. The number of halogens is 1. The predicted molar refractivity (Wildman–Crippen MR) is 106 cm³/mol. The van der Waals surface area contributed by atoms with Crippen LogP contribution in [-0.2, 0) is 11.3 Å². The highest BCUT2D eigenvalue weighted by Crippen LogP contribution is 2.20. The van der Waals surface area contributed by atoms with Crippen molar-refractivity contribution in [2.24, 2.45) is 0 Å². The van der Waals surface area contributed by atoms with Gasteiger partial charge in [0.2, 0.25) is 5.91 Å². The summed E-state index contributed by atoms with van der Waals surface area (Å²) in [7, 11) is 0. The highest BCUT2D eigenvalue weighted by molar-refractivity contribution is 5.83. The van der Waals surface area contributed by atoms with Crippen LogP contribution in [-0.4, -0.2) is 52.0 Å². The second-order valence-corrected chi connectivity index (χ2v) is 7.26. The number of amides is 1. The van der Waals surface area contributed by atoms with Crippen molar-refractivity contribution < 1.29 is 13.7 Å². The van der Waals surface area contributed by atoms with Gasteiger partial charge >= 0.3 is 0 Å². The zero-order valence-corrected chi connectivity index (χ0v) is 16.3. The Balaban J connectivity index is 1.31. The van der Waals surface area contributed by atoms with Crippen molar-refractivity contribution in [1.29, 1.82) is 0 Å². The van der Waals surface area contributed by atoms with Crippen LogP contribution in [0, 0.1) is 5.82 Å². The molecule has 0 spiro atoms. The molecule has 1 aromatic heterocycles. The third-order valence-electron chi connectivity index (χ3n) is 5.28. The van der Waals surface area contributed by atoms with Gasteiger partial charge in [-0.3, -0.25) is 9.69 Å². The summed E-state index contributed by atoms with van der Waals surface area (Å²) in [6.45, 7) is 5.39. The fourth-order valence-corrected chi connectivity index (χ4v) is 3.51. The zero-order valence-electron chi connectivity index (χ0n) is 16.3. The molecule has 3 aromatic rings. The van der Waals surface area contributed by atoms with E-state index in [1.807, 2.05) is 42.2 Å². The van der Waals surface area contributed by atoms with Gasteiger partial charge in [-0.25, -0.2) is 4.39 Å². The Morgan fingerprint density at radius 3 is 2.45 bits per heavy atom. The molecule has 2 heterocycles. The van der Waals surface area contributed by atoms with Crippen molar-refractivity contribution in [3.05, 3.63) is 71.8 Å². The second kappa shape index (κ2) is 8.53. The molecule has 0 bridgehead atoms. The summed E-state index contributed by atoms with van der Waals surface area (Å²) in [4.78, 5) is 21.3. The summed E-state index contributed by atoms with van der Waals surface area (Å²) in [6, 6.07) is 15.8. The number of piperazine rings is 1. The largest absolute Gasteiger partial charge is 0.340 e. The quantitative estimate of drug-likeness (QED) is 0.664. The number of carbonyl (C=O) groups is 1. The highest BCUT2D eigenvalue weighted by Gasteiger charge is 2.26. The van der Waals surface area contributed by atoms with E-state index in [1.54, 1.807) is 12.1 Å². The maximum atomic E-state index is 13.1. The molecule has 6 nitrogen and oxygen atoms in total. The summed E-state index contributed by atoms with van der Waals surface area (Å²) in [5.74, 6) is 0.682. The summed E-state index contributed by atoms with van der Waals surface area (Å²) in [5.41, 5.74) is 1.73. The summed E-state index contributed by atoms with van der Waals surface area (Å²) >= 11 is 0. The van der Waals surface area contributed by atoms with Gasteiger partial charge in [0.05, 0.1) is 12.5 Å². The van der Waals surface area contributed by atoms with Gasteiger partial charge in [-0.05, 0) is 36.8 Å². The minimum Gasteiger partial charge on any atom is -0.340 e. The molecular weight excluding hydrogens is 371 g/mol. The molecule has 1 fully saturated rings. The molecular formula is C22H23FN4O2. The van der Waals surface area contributed by atoms with E-state index in [4.69, 9.17) is 4.52 Å². The van der Waals surface area contributed by atoms with Crippen LogP contribution in [0.25, 0.3) is 11.5 Å². The van der Waals surface area contributed by atoms with Crippen molar-refractivity contribution in [1.82, 2.24) is 19.9 Å². The topological polar surface area (TPSA) is 62.5 Å². The van der Waals surface area contributed by atoms with Gasteiger partial charge in [0, 0.05) is 31.7 Å². The van der Waals surface area contributed by atoms with Crippen LogP contribution in [0.4, 0.5) is 4.39 Å². The summed E-state index contributed by atoms with van der Waals surface area (Å²) < 4.78 is 18.3. The zero-order chi connectivity index (χ0) is 20.2. The van der Waals surface area contributed by atoms with Gasteiger partial charge in [-0.1, -0.05) is 35.5 Å². The first-order chi connectivity index (χ1) is 14.1. The lowest BCUT2D eigenvalue weighted by Crippen LogP contribution is -2.49. The first-order valence-corrected chi connectivity index (χ1v) is 9.75. The van der Waals surface area contributed by atoms with E-state index < -0.39 is 0 Å². The van der Waals surface area contributed by atoms with E-state index in [2.05, 4.69) is 15.0 Å². The van der Waals surface area contributed by atoms with Gasteiger partial charge < -0.3 is 9.42 Å².